The monoisotopic (exact) mass is 321 g/mol. The molecular formula is C14H19N5O2S. The van der Waals surface area contributed by atoms with Crippen molar-refractivity contribution >= 4 is 26.9 Å². The molecular weight excluding hydrogens is 302 g/mol. The van der Waals surface area contributed by atoms with Crippen molar-refractivity contribution in [3.05, 3.63) is 18.6 Å². The van der Waals surface area contributed by atoms with Crippen LogP contribution in [0, 0.1) is 0 Å². The molecule has 0 atom stereocenters. The zero-order chi connectivity index (χ0) is 15.2. The molecule has 1 aliphatic carbocycles. The van der Waals surface area contributed by atoms with Crippen molar-refractivity contribution in [3.63, 3.8) is 0 Å². The number of nitrogens with one attached hydrogen (secondary N) is 2. The quantitative estimate of drug-likeness (QED) is 0.877. The number of piperidine rings is 1. The number of fused-ring (bicyclic) bond motifs is 1. The fourth-order valence-corrected chi connectivity index (χ4v) is 4.68. The molecule has 1 saturated carbocycles. The maximum Gasteiger partial charge on any atom is 0.214 e. The van der Waals surface area contributed by atoms with Crippen molar-refractivity contribution in [2.75, 3.05) is 18.0 Å². The van der Waals surface area contributed by atoms with E-state index in [9.17, 15) is 8.42 Å². The Kier molecular flexibility index (Phi) is 3.30. The summed E-state index contributed by atoms with van der Waals surface area (Å²) in [6.45, 7) is 1.60. The van der Waals surface area contributed by atoms with Crippen molar-refractivity contribution in [3.8, 4) is 0 Å². The number of nitrogens with zero attached hydrogens (tertiary/aromatic N) is 3. The molecule has 0 bridgehead atoms. The van der Waals surface area contributed by atoms with Gasteiger partial charge in [-0.05, 0) is 31.7 Å². The van der Waals surface area contributed by atoms with Gasteiger partial charge in [0.15, 0.2) is 0 Å². The predicted octanol–water partition coefficient (Wildman–Crippen LogP) is 1.01. The topological polar surface area (TPSA) is 91.0 Å². The molecule has 8 heteroatoms. The summed E-state index contributed by atoms with van der Waals surface area (Å²) in [5.41, 5.74) is 0.835. The second-order valence-electron chi connectivity index (χ2n) is 6.06. The van der Waals surface area contributed by atoms with Crippen LogP contribution in [0.25, 0.3) is 11.0 Å². The van der Waals surface area contributed by atoms with E-state index >= 15 is 0 Å². The first-order valence-electron chi connectivity index (χ1n) is 7.68. The standard InChI is InChI=1S/C14H19N5O2S/c20-22(21,11-1-2-11)18-10-4-7-19(8-5-10)14-12-3-6-15-13(12)16-9-17-14/h3,6,9-11,18H,1-2,4-5,7-8H2,(H,15,16,17). The first-order chi connectivity index (χ1) is 10.6. The van der Waals surface area contributed by atoms with Crippen LogP contribution in [-0.2, 0) is 10.0 Å². The van der Waals surface area contributed by atoms with Crippen LogP contribution in [0.3, 0.4) is 0 Å². The fourth-order valence-electron chi connectivity index (χ4n) is 3.03. The van der Waals surface area contributed by atoms with E-state index in [-0.39, 0.29) is 11.3 Å². The van der Waals surface area contributed by atoms with Crippen LogP contribution in [-0.4, -0.2) is 47.8 Å². The van der Waals surface area contributed by atoms with Crippen LogP contribution >= 0.6 is 0 Å². The Morgan fingerprint density at radius 2 is 1.95 bits per heavy atom. The van der Waals surface area contributed by atoms with Gasteiger partial charge in [0.25, 0.3) is 0 Å². The van der Waals surface area contributed by atoms with Crippen molar-refractivity contribution in [2.24, 2.45) is 0 Å². The molecule has 0 aromatic carbocycles. The smallest absolute Gasteiger partial charge is 0.214 e. The fraction of sp³-hybridized carbons (Fsp3) is 0.571. The van der Waals surface area contributed by atoms with Gasteiger partial charge >= 0.3 is 0 Å². The highest BCUT2D eigenvalue weighted by Gasteiger charge is 2.37. The molecule has 2 aromatic heterocycles. The lowest BCUT2D eigenvalue weighted by atomic mass is 10.1. The summed E-state index contributed by atoms with van der Waals surface area (Å²) < 4.78 is 26.9. The lowest BCUT2D eigenvalue weighted by molar-refractivity contribution is 0.458. The highest BCUT2D eigenvalue weighted by Crippen LogP contribution is 2.29. The van der Waals surface area contributed by atoms with E-state index in [4.69, 9.17) is 0 Å². The molecule has 2 fully saturated rings. The predicted molar refractivity (Wildman–Crippen MR) is 84.2 cm³/mol. The lowest BCUT2D eigenvalue weighted by Crippen LogP contribution is -2.45. The molecule has 22 heavy (non-hydrogen) atoms. The second kappa shape index (κ2) is 5.20. The SMILES string of the molecule is O=S(=O)(NC1CCN(c2ncnc3[nH]ccc23)CC1)C1CC1. The molecule has 3 heterocycles. The molecule has 0 unspecified atom stereocenters. The van der Waals surface area contributed by atoms with E-state index in [1.165, 1.54) is 0 Å². The van der Waals surface area contributed by atoms with Gasteiger partial charge in [0.1, 0.15) is 17.8 Å². The molecule has 0 amide bonds. The molecule has 7 nitrogen and oxygen atoms in total. The summed E-state index contributed by atoms with van der Waals surface area (Å²) in [5.74, 6) is 0.926. The minimum atomic E-state index is -3.09. The van der Waals surface area contributed by atoms with Gasteiger partial charge < -0.3 is 9.88 Å². The van der Waals surface area contributed by atoms with Gasteiger partial charge in [-0.15, -0.1) is 0 Å². The zero-order valence-corrected chi connectivity index (χ0v) is 13.0. The summed E-state index contributed by atoms with van der Waals surface area (Å²) >= 11 is 0. The highest BCUT2D eigenvalue weighted by atomic mass is 32.2. The number of rotatable bonds is 4. The Morgan fingerprint density at radius 1 is 1.18 bits per heavy atom. The molecule has 2 N–H and O–H groups in total. The Labute approximate surface area is 129 Å². The van der Waals surface area contributed by atoms with Crippen LogP contribution in [0.15, 0.2) is 18.6 Å². The number of H-pyrrole nitrogens is 1. The number of anilines is 1. The summed E-state index contributed by atoms with van der Waals surface area (Å²) in [7, 11) is -3.09. The molecule has 0 radical (unpaired) electrons. The Hall–Kier alpha value is -1.67. The maximum absolute atomic E-state index is 12.0. The third kappa shape index (κ3) is 2.56. The van der Waals surface area contributed by atoms with Crippen LogP contribution in [0.4, 0.5) is 5.82 Å². The van der Waals surface area contributed by atoms with Gasteiger partial charge in [0.2, 0.25) is 10.0 Å². The van der Waals surface area contributed by atoms with Crippen LogP contribution in [0.2, 0.25) is 0 Å². The first-order valence-corrected chi connectivity index (χ1v) is 9.22. The number of hydrogen-bond donors (Lipinski definition) is 2. The molecule has 118 valence electrons. The second-order valence-corrected chi connectivity index (χ2v) is 8.05. The number of aromatic nitrogens is 3. The van der Waals surface area contributed by atoms with Gasteiger partial charge in [-0.1, -0.05) is 0 Å². The Bertz CT molecular complexity index is 775. The first kappa shape index (κ1) is 14.0. The van der Waals surface area contributed by atoms with E-state index in [1.807, 2.05) is 12.3 Å². The van der Waals surface area contributed by atoms with Gasteiger partial charge in [-0.25, -0.2) is 23.1 Å². The number of hydrogen-bond acceptors (Lipinski definition) is 5. The van der Waals surface area contributed by atoms with Crippen LogP contribution < -0.4 is 9.62 Å². The summed E-state index contributed by atoms with van der Waals surface area (Å²) in [6, 6.07) is 2.03. The normalized spacial score (nSPS) is 20.6. The van der Waals surface area contributed by atoms with E-state index < -0.39 is 10.0 Å². The highest BCUT2D eigenvalue weighted by molar-refractivity contribution is 7.90. The number of aromatic amines is 1. The van der Waals surface area contributed by atoms with Crippen molar-refractivity contribution in [1.82, 2.24) is 19.7 Å². The van der Waals surface area contributed by atoms with E-state index in [0.29, 0.717) is 0 Å². The lowest BCUT2D eigenvalue weighted by Gasteiger charge is -2.33. The van der Waals surface area contributed by atoms with Crippen molar-refractivity contribution in [1.29, 1.82) is 0 Å². The summed E-state index contributed by atoms with van der Waals surface area (Å²) in [6.07, 6.45) is 6.65. The molecule has 1 aliphatic heterocycles. The van der Waals surface area contributed by atoms with E-state index in [2.05, 4.69) is 24.6 Å². The van der Waals surface area contributed by atoms with E-state index in [0.717, 1.165) is 55.6 Å². The molecule has 4 rings (SSSR count). The molecule has 0 spiro atoms. The van der Waals surface area contributed by atoms with Crippen LogP contribution in [0.1, 0.15) is 25.7 Å². The third-order valence-corrected chi connectivity index (χ3v) is 6.43. The Balaban J connectivity index is 1.44. The van der Waals surface area contributed by atoms with Gasteiger partial charge in [-0.3, -0.25) is 0 Å². The maximum atomic E-state index is 12.0. The largest absolute Gasteiger partial charge is 0.356 e. The average molecular weight is 321 g/mol. The van der Waals surface area contributed by atoms with Gasteiger partial charge in [0.05, 0.1) is 10.6 Å². The van der Waals surface area contributed by atoms with Crippen LogP contribution in [0.5, 0.6) is 0 Å². The average Bonchev–Trinajstić information content (AvgIpc) is 3.26. The van der Waals surface area contributed by atoms with Gasteiger partial charge in [-0.2, -0.15) is 0 Å². The molecule has 1 saturated heterocycles. The molecule has 2 aliphatic rings. The zero-order valence-electron chi connectivity index (χ0n) is 12.2. The molecule has 2 aromatic rings. The minimum absolute atomic E-state index is 0.0467. The summed E-state index contributed by atoms with van der Waals surface area (Å²) in [5, 5.41) is 0.867. The number of sulfonamides is 1. The van der Waals surface area contributed by atoms with Crippen molar-refractivity contribution in [2.45, 2.75) is 37.0 Å². The van der Waals surface area contributed by atoms with Crippen molar-refractivity contribution < 1.29 is 8.42 Å². The summed E-state index contributed by atoms with van der Waals surface area (Å²) in [4.78, 5) is 13.9. The Morgan fingerprint density at radius 3 is 2.68 bits per heavy atom. The minimum Gasteiger partial charge on any atom is -0.356 e. The van der Waals surface area contributed by atoms with Gasteiger partial charge in [0, 0.05) is 25.3 Å². The third-order valence-electron chi connectivity index (χ3n) is 4.42. The van der Waals surface area contributed by atoms with E-state index in [1.54, 1.807) is 6.33 Å².